The van der Waals surface area contributed by atoms with Crippen molar-refractivity contribution in [3.8, 4) is 11.6 Å². The Kier molecular flexibility index (Phi) is 5.12. The second-order valence-electron chi connectivity index (χ2n) is 7.10. The lowest BCUT2D eigenvalue weighted by atomic mass is 10.0. The maximum absolute atomic E-state index is 12.7. The average molecular weight is 371 g/mol. The van der Waals surface area contributed by atoms with Crippen LogP contribution in [0.1, 0.15) is 36.5 Å². The second-order valence-corrected chi connectivity index (χ2v) is 7.10. The molecule has 2 aromatic heterocycles. The third-order valence-electron chi connectivity index (χ3n) is 4.69. The highest BCUT2D eigenvalue weighted by molar-refractivity contribution is 5.86. The molecule has 7 nitrogen and oxygen atoms in total. The molecule has 0 saturated carbocycles. The van der Waals surface area contributed by atoms with Crippen LogP contribution in [0.25, 0.3) is 10.9 Å². The Labute approximate surface area is 157 Å². The molecule has 3 aromatic rings. The molecule has 0 atom stereocenters. The summed E-state index contributed by atoms with van der Waals surface area (Å²) in [5, 5.41) is 13.7. The topological polar surface area (TPSA) is 94.1 Å². The van der Waals surface area contributed by atoms with Crippen LogP contribution in [0.5, 0.6) is 11.6 Å². The lowest BCUT2D eigenvalue weighted by molar-refractivity contribution is -0.622. The number of methoxy groups -OCH3 is 2. The summed E-state index contributed by atoms with van der Waals surface area (Å²) in [7, 11) is 3.06. The van der Waals surface area contributed by atoms with E-state index in [4.69, 9.17) is 9.47 Å². The minimum atomic E-state index is -0.371. The van der Waals surface area contributed by atoms with Gasteiger partial charge in [0.25, 0.3) is 5.69 Å². The van der Waals surface area contributed by atoms with Gasteiger partial charge >= 0.3 is 11.4 Å². The predicted octanol–water partition coefficient (Wildman–Crippen LogP) is 2.60. The Morgan fingerprint density at radius 3 is 2.56 bits per heavy atom. The van der Waals surface area contributed by atoms with Gasteiger partial charge in [0.15, 0.2) is 0 Å². The lowest BCUT2D eigenvalue weighted by Gasteiger charge is -2.12. The Bertz CT molecular complexity index is 1030. The molecule has 0 radical (unpaired) electrons. The maximum atomic E-state index is 12.7. The minimum Gasteiger partial charge on any atom is -0.616 e. The SMILES string of the molecule is COc1ccc2[nH]c(C)c(Cc3[nH]c(=O)c(CC(C)C)[n+]([O-])c3OC)c2c1. The molecule has 7 heteroatoms. The molecule has 2 N–H and O–H groups in total. The number of hydrogen-bond acceptors (Lipinski definition) is 4. The highest BCUT2D eigenvalue weighted by atomic mass is 16.5. The monoisotopic (exact) mass is 371 g/mol. The van der Waals surface area contributed by atoms with Crippen LogP contribution >= 0.6 is 0 Å². The van der Waals surface area contributed by atoms with Gasteiger partial charge in [-0.15, -0.1) is 4.73 Å². The zero-order valence-electron chi connectivity index (χ0n) is 16.3. The lowest BCUT2D eigenvalue weighted by Crippen LogP contribution is -2.43. The number of ether oxygens (including phenoxy) is 2. The quantitative estimate of drug-likeness (QED) is 0.514. The molecule has 3 rings (SSSR count). The molecule has 0 fully saturated rings. The number of aromatic nitrogens is 3. The fourth-order valence-corrected chi connectivity index (χ4v) is 3.38. The van der Waals surface area contributed by atoms with Crippen molar-refractivity contribution in [1.29, 1.82) is 0 Å². The smallest absolute Gasteiger partial charge is 0.400 e. The zero-order valence-corrected chi connectivity index (χ0v) is 16.3. The van der Waals surface area contributed by atoms with Gasteiger partial charge in [0.1, 0.15) is 11.4 Å². The molecule has 0 bridgehead atoms. The van der Waals surface area contributed by atoms with E-state index in [0.717, 1.165) is 27.9 Å². The van der Waals surface area contributed by atoms with Crippen LogP contribution in [0.2, 0.25) is 0 Å². The van der Waals surface area contributed by atoms with Gasteiger partial charge < -0.3 is 24.6 Å². The standard InChI is InChI=1S/C20H25N3O4/c1-11(2)8-18-19(24)22-17(20(27-5)23(18)25)10-14-12(3)21-16-7-6-13(26-4)9-15(14)16/h6-7,9,11,21H,8,10H2,1-5H3,(H,22,24). The summed E-state index contributed by atoms with van der Waals surface area (Å²) in [5.74, 6) is 1.06. The van der Waals surface area contributed by atoms with E-state index in [0.29, 0.717) is 23.3 Å². The van der Waals surface area contributed by atoms with Crippen LogP contribution in [-0.2, 0) is 12.8 Å². The Balaban J connectivity index is 2.12. The first-order chi connectivity index (χ1) is 12.8. The molecular weight excluding hydrogens is 346 g/mol. The van der Waals surface area contributed by atoms with Crippen LogP contribution in [-0.4, -0.2) is 24.2 Å². The Hall–Kier alpha value is -2.96. The summed E-state index contributed by atoms with van der Waals surface area (Å²) in [4.78, 5) is 18.7. The fraction of sp³-hybridized carbons (Fsp3) is 0.400. The molecule has 0 saturated heterocycles. The van der Waals surface area contributed by atoms with Gasteiger partial charge in [0, 0.05) is 29.4 Å². The third-order valence-corrected chi connectivity index (χ3v) is 4.69. The van der Waals surface area contributed by atoms with Crippen LogP contribution in [0.3, 0.4) is 0 Å². The third kappa shape index (κ3) is 3.49. The molecule has 27 heavy (non-hydrogen) atoms. The van der Waals surface area contributed by atoms with Crippen molar-refractivity contribution >= 4 is 10.9 Å². The van der Waals surface area contributed by atoms with E-state index < -0.39 is 0 Å². The normalized spacial score (nSPS) is 11.3. The first-order valence-corrected chi connectivity index (χ1v) is 8.92. The highest BCUT2D eigenvalue weighted by Crippen LogP contribution is 2.29. The van der Waals surface area contributed by atoms with Gasteiger partial charge in [-0.1, -0.05) is 13.8 Å². The van der Waals surface area contributed by atoms with Crippen LogP contribution in [0, 0.1) is 18.0 Å². The molecule has 0 spiro atoms. The first kappa shape index (κ1) is 18.8. The zero-order chi connectivity index (χ0) is 19.7. The van der Waals surface area contributed by atoms with E-state index in [9.17, 15) is 10.0 Å². The van der Waals surface area contributed by atoms with Crippen molar-refractivity contribution in [2.45, 2.75) is 33.6 Å². The van der Waals surface area contributed by atoms with E-state index in [2.05, 4.69) is 9.97 Å². The molecular formula is C20H25N3O4. The van der Waals surface area contributed by atoms with Gasteiger partial charge in [0.2, 0.25) is 0 Å². The summed E-state index contributed by atoms with van der Waals surface area (Å²) in [5.41, 5.74) is 3.17. The molecule has 0 unspecified atom stereocenters. The van der Waals surface area contributed by atoms with E-state index in [1.165, 1.54) is 7.11 Å². The van der Waals surface area contributed by atoms with Crippen molar-refractivity contribution in [3.05, 3.63) is 56.4 Å². The van der Waals surface area contributed by atoms with Gasteiger partial charge in [-0.25, -0.2) is 0 Å². The van der Waals surface area contributed by atoms with Crippen molar-refractivity contribution in [2.75, 3.05) is 14.2 Å². The van der Waals surface area contributed by atoms with Gasteiger partial charge in [-0.2, -0.15) is 0 Å². The van der Waals surface area contributed by atoms with Gasteiger partial charge in [-0.3, -0.25) is 4.79 Å². The summed E-state index contributed by atoms with van der Waals surface area (Å²) in [6.45, 7) is 5.88. The number of aromatic amines is 2. The van der Waals surface area contributed by atoms with E-state index in [-0.39, 0.29) is 23.1 Å². The number of rotatable bonds is 6. The molecule has 2 heterocycles. The van der Waals surface area contributed by atoms with E-state index in [1.54, 1.807) is 7.11 Å². The predicted molar refractivity (Wildman–Crippen MR) is 104 cm³/mol. The number of benzene rings is 1. The number of nitrogens with one attached hydrogen (secondary N) is 2. The number of aryl methyl sites for hydroxylation is 1. The Morgan fingerprint density at radius 1 is 1.19 bits per heavy atom. The van der Waals surface area contributed by atoms with Crippen molar-refractivity contribution in [2.24, 2.45) is 5.92 Å². The molecule has 0 aliphatic rings. The van der Waals surface area contributed by atoms with Crippen molar-refractivity contribution in [3.63, 3.8) is 0 Å². The van der Waals surface area contributed by atoms with Crippen LogP contribution in [0.4, 0.5) is 0 Å². The largest absolute Gasteiger partial charge is 0.616 e. The number of nitrogens with zero attached hydrogens (tertiary/aromatic N) is 1. The molecule has 0 amide bonds. The van der Waals surface area contributed by atoms with Gasteiger partial charge in [0.05, 0.1) is 14.2 Å². The number of H-pyrrole nitrogens is 2. The summed E-state index contributed by atoms with van der Waals surface area (Å²) in [6.07, 6.45) is 0.750. The highest BCUT2D eigenvalue weighted by Gasteiger charge is 2.25. The first-order valence-electron chi connectivity index (χ1n) is 8.92. The minimum absolute atomic E-state index is 0.127. The van der Waals surface area contributed by atoms with Crippen LogP contribution < -0.4 is 19.8 Å². The van der Waals surface area contributed by atoms with Crippen molar-refractivity contribution < 1.29 is 14.2 Å². The maximum Gasteiger partial charge on any atom is 0.400 e. The summed E-state index contributed by atoms with van der Waals surface area (Å²) < 4.78 is 11.3. The van der Waals surface area contributed by atoms with Crippen molar-refractivity contribution in [1.82, 2.24) is 9.97 Å². The second kappa shape index (κ2) is 7.34. The number of hydrogen-bond donors (Lipinski definition) is 2. The van der Waals surface area contributed by atoms with Crippen LogP contribution in [0.15, 0.2) is 23.0 Å². The fourth-order valence-electron chi connectivity index (χ4n) is 3.38. The molecule has 0 aliphatic heterocycles. The number of fused-ring (bicyclic) bond motifs is 1. The van der Waals surface area contributed by atoms with Gasteiger partial charge in [-0.05, 0) is 36.6 Å². The van der Waals surface area contributed by atoms with E-state index >= 15 is 0 Å². The Morgan fingerprint density at radius 2 is 1.93 bits per heavy atom. The summed E-state index contributed by atoms with van der Waals surface area (Å²) in [6, 6.07) is 5.78. The average Bonchev–Trinajstić information content (AvgIpc) is 2.93. The molecule has 0 aliphatic carbocycles. The molecule has 1 aromatic carbocycles. The summed E-state index contributed by atoms with van der Waals surface area (Å²) >= 11 is 0. The van der Waals surface area contributed by atoms with E-state index in [1.807, 2.05) is 39.0 Å². The molecule has 144 valence electrons.